The van der Waals surface area contributed by atoms with Crippen LogP contribution in [0.1, 0.15) is 19.2 Å². The zero-order valence-corrected chi connectivity index (χ0v) is 10.0. The molecule has 0 aliphatic rings. The number of amides is 1. The van der Waals surface area contributed by atoms with Crippen LogP contribution in [0.3, 0.4) is 0 Å². The number of aromatic amines is 1. The molecule has 0 radical (unpaired) electrons. The highest BCUT2D eigenvalue weighted by Gasteiger charge is 2.12. The van der Waals surface area contributed by atoms with Gasteiger partial charge in [-0.05, 0) is 13.3 Å². The van der Waals surface area contributed by atoms with Gasteiger partial charge in [0, 0.05) is 13.6 Å². The molecule has 0 fully saturated rings. The minimum Gasteiger partial charge on any atom is -0.382 e. The molecule has 0 unspecified atom stereocenters. The fourth-order valence-electron chi connectivity index (χ4n) is 1.40. The number of nitrogens with one attached hydrogen (secondary N) is 2. The van der Waals surface area contributed by atoms with Crippen molar-refractivity contribution in [2.24, 2.45) is 0 Å². The van der Waals surface area contributed by atoms with Gasteiger partial charge >= 0.3 is 0 Å². The minimum absolute atomic E-state index is 0.0237. The molecule has 90 valence electrons. The third-order valence-corrected chi connectivity index (χ3v) is 2.14. The molecule has 0 aliphatic heterocycles. The Kier molecular flexibility index (Phi) is 4.16. The van der Waals surface area contributed by atoms with Gasteiger partial charge in [0.1, 0.15) is 11.6 Å². The summed E-state index contributed by atoms with van der Waals surface area (Å²) in [6.45, 7) is 4.79. The average Bonchev–Trinajstić information content (AvgIpc) is 2.54. The van der Waals surface area contributed by atoms with Gasteiger partial charge in [-0.25, -0.2) is 4.98 Å². The lowest BCUT2D eigenvalue weighted by Gasteiger charge is -2.16. The maximum Gasteiger partial charge on any atom is 0.239 e. The molecule has 0 saturated carbocycles. The normalized spacial score (nSPS) is 10.2. The number of nitrogens with zero attached hydrogens (tertiary/aromatic N) is 2. The van der Waals surface area contributed by atoms with E-state index in [9.17, 15) is 4.79 Å². The number of carbonyl (C=O) groups excluding carboxylic acids is 1. The van der Waals surface area contributed by atoms with E-state index in [2.05, 4.69) is 15.3 Å². The van der Waals surface area contributed by atoms with Crippen LogP contribution in [0, 0.1) is 6.92 Å². The Hall–Kier alpha value is -1.72. The van der Waals surface area contributed by atoms with E-state index in [-0.39, 0.29) is 12.5 Å². The van der Waals surface area contributed by atoms with Crippen molar-refractivity contribution in [2.45, 2.75) is 20.3 Å². The molecule has 1 aromatic rings. The first-order valence-electron chi connectivity index (χ1n) is 5.34. The minimum atomic E-state index is -0.0237. The summed E-state index contributed by atoms with van der Waals surface area (Å²) in [5, 5.41) is 2.80. The summed E-state index contributed by atoms with van der Waals surface area (Å²) >= 11 is 0. The number of nitrogens with two attached hydrogens (primary N) is 1. The van der Waals surface area contributed by atoms with Gasteiger partial charge in [0.2, 0.25) is 5.91 Å². The van der Waals surface area contributed by atoms with Crippen molar-refractivity contribution in [1.29, 1.82) is 0 Å². The van der Waals surface area contributed by atoms with Crippen molar-refractivity contribution < 1.29 is 4.79 Å². The van der Waals surface area contributed by atoms with Crippen molar-refractivity contribution in [3.8, 4) is 0 Å². The molecule has 1 amide bonds. The summed E-state index contributed by atoms with van der Waals surface area (Å²) in [5.74, 6) is 1.82. The van der Waals surface area contributed by atoms with E-state index in [1.165, 1.54) is 0 Å². The number of carbonyl (C=O) groups is 1. The van der Waals surface area contributed by atoms with E-state index in [1.54, 1.807) is 11.9 Å². The number of aryl methyl sites for hydroxylation is 1. The summed E-state index contributed by atoms with van der Waals surface area (Å²) in [6, 6.07) is 0. The molecule has 1 heterocycles. The molecular weight excluding hydrogens is 206 g/mol. The Morgan fingerprint density at radius 3 is 2.81 bits per heavy atom. The number of likely N-dealkylation sites (N-methyl/N-ethyl adjacent to an activating group) is 1. The molecule has 1 aromatic heterocycles. The van der Waals surface area contributed by atoms with Crippen LogP contribution in [0.2, 0.25) is 0 Å². The smallest absolute Gasteiger partial charge is 0.239 e. The van der Waals surface area contributed by atoms with Crippen molar-refractivity contribution in [3.05, 3.63) is 5.82 Å². The fraction of sp³-hybridized carbons (Fsp3) is 0.600. The Bertz CT molecular complexity index is 360. The Morgan fingerprint density at radius 2 is 2.31 bits per heavy atom. The number of imidazole rings is 1. The molecule has 0 aromatic carbocycles. The number of hydrogen-bond donors (Lipinski definition) is 3. The van der Waals surface area contributed by atoms with Crippen LogP contribution in [0.25, 0.3) is 0 Å². The summed E-state index contributed by atoms with van der Waals surface area (Å²) in [4.78, 5) is 20.3. The summed E-state index contributed by atoms with van der Waals surface area (Å²) < 4.78 is 0. The van der Waals surface area contributed by atoms with Crippen LogP contribution < -0.4 is 16.0 Å². The van der Waals surface area contributed by atoms with Gasteiger partial charge < -0.3 is 20.9 Å². The van der Waals surface area contributed by atoms with Crippen LogP contribution in [-0.4, -0.2) is 36.0 Å². The summed E-state index contributed by atoms with van der Waals surface area (Å²) in [7, 11) is 1.79. The Labute approximate surface area is 95.2 Å². The second kappa shape index (κ2) is 5.39. The molecule has 16 heavy (non-hydrogen) atoms. The highest BCUT2D eigenvalue weighted by molar-refractivity contribution is 5.81. The average molecular weight is 225 g/mol. The Morgan fingerprint density at radius 1 is 1.62 bits per heavy atom. The number of H-pyrrole nitrogens is 1. The monoisotopic (exact) mass is 225 g/mol. The first-order chi connectivity index (χ1) is 7.54. The highest BCUT2D eigenvalue weighted by Crippen LogP contribution is 2.17. The van der Waals surface area contributed by atoms with E-state index < -0.39 is 0 Å². The molecule has 0 spiro atoms. The van der Waals surface area contributed by atoms with Crippen molar-refractivity contribution in [3.63, 3.8) is 0 Å². The number of rotatable bonds is 5. The number of aromatic nitrogens is 2. The first-order valence-corrected chi connectivity index (χ1v) is 5.34. The third-order valence-electron chi connectivity index (χ3n) is 2.14. The van der Waals surface area contributed by atoms with Gasteiger partial charge in [-0.3, -0.25) is 4.79 Å². The van der Waals surface area contributed by atoms with Crippen molar-refractivity contribution in [1.82, 2.24) is 15.3 Å². The maximum absolute atomic E-state index is 11.5. The van der Waals surface area contributed by atoms with E-state index in [4.69, 9.17) is 5.73 Å². The number of hydrogen-bond acceptors (Lipinski definition) is 4. The van der Waals surface area contributed by atoms with Crippen LogP contribution in [0.15, 0.2) is 0 Å². The molecule has 4 N–H and O–H groups in total. The van der Waals surface area contributed by atoms with E-state index in [0.717, 1.165) is 12.2 Å². The lowest BCUT2D eigenvalue weighted by Crippen LogP contribution is -2.35. The van der Waals surface area contributed by atoms with Crippen LogP contribution in [0.5, 0.6) is 0 Å². The van der Waals surface area contributed by atoms with Crippen molar-refractivity contribution >= 4 is 17.5 Å². The quantitative estimate of drug-likeness (QED) is 0.671. The zero-order valence-electron chi connectivity index (χ0n) is 10.0. The summed E-state index contributed by atoms with van der Waals surface area (Å²) in [5.41, 5.74) is 5.73. The second-order valence-corrected chi connectivity index (χ2v) is 3.77. The largest absolute Gasteiger partial charge is 0.382 e. The molecule has 1 rings (SSSR count). The summed E-state index contributed by atoms with van der Waals surface area (Å²) in [6.07, 6.45) is 0.930. The molecule has 0 atom stereocenters. The zero-order chi connectivity index (χ0) is 12.1. The lowest BCUT2D eigenvalue weighted by atomic mass is 10.4. The molecule has 6 nitrogen and oxygen atoms in total. The first kappa shape index (κ1) is 12.4. The van der Waals surface area contributed by atoms with E-state index in [0.29, 0.717) is 18.2 Å². The van der Waals surface area contributed by atoms with Crippen LogP contribution >= 0.6 is 0 Å². The van der Waals surface area contributed by atoms with E-state index in [1.807, 2.05) is 13.8 Å². The number of nitrogen functional groups attached to an aromatic ring is 1. The highest BCUT2D eigenvalue weighted by atomic mass is 16.2. The molecule has 0 saturated heterocycles. The molecule has 0 aliphatic carbocycles. The fourth-order valence-corrected chi connectivity index (χ4v) is 1.40. The van der Waals surface area contributed by atoms with Crippen LogP contribution in [-0.2, 0) is 4.79 Å². The lowest BCUT2D eigenvalue weighted by molar-refractivity contribution is -0.119. The Balaban J connectivity index is 2.55. The topological polar surface area (TPSA) is 87.0 Å². The number of anilines is 2. The predicted molar refractivity (Wildman–Crippen MR) is 64.3 cm³/mol. The standard InChI is InChI=1S/C10H19N5O/c1-4-5-12-8(16)6-15(3)10-9(11)13-7(2)14-10/h4-6,11H2,1-3H3,(H,12,16)(H,13,14). The van der Waals surface area contributed by atoms with Gasteiger partial charge in [-0.2, -0.15) is 0 Å². The van der Waals surface area contributed by atoms with Gasteiger partial charge in [0.25, 0.3) is 0 Å². The molecular formula is C10H19N5O. The van der Waals surface area contributed by atoms with Crippen molar-refractivity contribution in [2.75, 3.05) is 30.8 Å². The van der Waals surface area contributed by atoms with Gasteiger partial charge in [0.15, 0.2) is 5.82 Å². The molecule has 0 bridgehead atoms. The van der Waals surface area contributed by atoms with Gasteiger partial charge in [0.05, 0.1) is 6.54 Å². The van der Waals surface area contributed by atoms with E-state index >= 15 is 0 Å². The molecule has 6 heteroatoms. The predicted octanol–water partition coefficient (Wildman–Crippen LogP) is 0.263. The second-order valence-electron chi connectivity index (χ2n) is 3.77. The van der Waals surface area contributed by atoms with Gasteiger partial charge in [-0.15, -0.1) is 0 Å². The van der Waals surface area contributed by atoms with Crippen LogP contribution in [0.4, 0.5) is 11.6 Å². The SMILES string of the molecule is CCCNC(=O)CN(C)c1nc(C)[nH]c1N. The van der Waals surface area contributed by atoms with Gasteiger partial charge in [-0.1, -0.05) is 6.92 Å². The maximum atomic E-state index is 11.5. The third kappa shape index (κ3) is 3.15.